The number of hydrogen-bond acceptors (Lipinski definition) is 4. The quantitative estimate of drug-likeness (QED) is 0.441. The van der Waals surface area contributed by atoms with Gasteiger partial charge in [0.25, 0.3) is 0 Å². The Balaban J connectivity index is 2.33. The molecule has 0 aromatic heterocycles. The van der Waals surface area contributed by atoms with Gasteiger partial charge >= 0.3 is 11.9 Å². The van der Waals surface area contributed by atoms with E-state index in [0.29, 0.717) is 12.8 Å². The summed E-state index contributed by atoms with van der Waals surface area (Å²) in [4.78, 5) is 24.9. The van der Waals surface area contributed by atoms with Crippen molar-refractivity contribution < 1.29 is 19.1 Å². The van der Waals surface area contributed by atoms with Crippen molar-refractivity contribution in [2.24, 2.45) is 10.8 Å². The number of carbonyl (C=O) groups excluding carboxylic acids is 2. The average molecular weight is 302 g/mol. The van der Waals surface area contributed by atoms with Crippen molar-refractivity contribution in [1.29, 1.82) is 0 Å². The summed E-state index contributed by atoms with van der Waals surface area (Å²) in [5.41, 5.74) is -0.832. The van der Waals surface area contributed by atoms with Crippen LogP contribution in [0.5, 0.6) is 0 Å². The molecule has 1 aromatic carbocycles. The van der Waals surface area contributed by atoms with Crippen LogP contribution in [0, 0.1) is 10.8 Å². The first-order valence-corrected chi connectivity index (χ1v) is 7.58. The molecular formula is C18H22O4. The van der Waals surface area contributed by atoms with Crippen LogP contribution < -0.4 is 0 Å². The van der Waals surface area contributed by atoms with Gasteiger partial charge in [-0.05, 0) is 32.3 Å². The lowest BCUT2D eigenvalue weighted by molar-refractivity contribution is -0.165. The van der Waals surface area contributed by atoms with Gasteiger partial charge in [-0.3, -0.25) is 9.59 Å². The van der Waals surface area contributed by atoms with Gasteiger partial charge in [0.15, 0.2) is 5.41 Å². The molecule has 0 bridgehead atoms. The lowest BCUT2D eigenvalue weighted by Gasteiger charge is -2.20. The first kappa shape index (κ1) is 16.3. The van der Waals surface area contributed by atoms with Gasteiger partial charge in [-0.1, -0.05) is 36.4 Å². The minimum absolute atomic E-state index is 0.235. The molecule has 0 heterocycles. The first-order valence-electron chi connectivity index (χ1n) is 7.58. The number of carbonyl (C=O) groups is 2. The van der Waals surface area contributed by atoms with Crippen LogP contribution in [0.15, 0.2) is 43.0 Å². The molecule has 1 aromatic rings. The second-order valence-corrected chi connectivity index (χ2v) is 5.55. The topological polar surface area (TPSA) is 52.6 Å². The van der Waals surface area contributed by atoms with Gasteiger partial charge in [-0.25, -0.2) is 0 Å². The van der Waals surface area contributed by atoms with Crippen LogP contribution in [0.4, 0.5) is 0 Å². The SMILES string of the molecule is C=CC1(Cc2ccccc2)CC1(C(=O)OCC)C(=O)OCC. The summed E-state index contributed by atoms with van der Waals surface area (Å²) < 4.78 is 10.3. The van der Waals surface area contributed by atoms with Crippen LogP contribution in [0.3, 0.4) is 0 Å². The van der Waals surface area contributed by atoms with Crippen LogP contribution >= 0.6 is 0 Å². The third-order valence-electron chi connectivity index (χ3n) is 4.31. The van der Waals surface area contributed by atoms with Crippen molar-refractivity contribution in [3.8, 4) is 0 Å². The number of hydrogen-bond donors (Lipinski definition) is 0. The predicted molar refractivity (Wildman–Crippen MR) is 83.1 cm³/mol. The Morgan fingerprint density at radius 1 is 1.14 bits per heavy atom. The van der Waals surface area contributed by atoms with Crippen molar-refractivity contribution in [3.63, 3.8) is 0 Å². The molecule has 1 fully saturated rings. The molecule has 0 aliphatic heterocycles. The fraction of sp³-hybridized carbons (Fsp3) is 0.444. The summed E-state index contributed by atoms with van der Waals surface area (Å²) in [6.07, 6.45) is 2.65. The van der Waals surface area contributed by atoms with Gasteiger partial charge in [-0.2, -0.15) is 0 Å². The molecule has 1 aliphatic rings. The van der Waals surface area contributed by atoms with E-state index in [1.165, 1.54) is 0 Å². The zero-order valence-electron chi connectivity index (χ0n) is 13.1. The summed E-state index contributed by atoms with van der Waals surface area (Å²) >= 11 is 0. The summed E-state index contributed by atoms with van der Waals surface area (Å²) in [5.74, 6) is -1.02. The lowest BCUT2D eigenvalue weighted by Crippen LogP contribution is -2.35. The molecule has 0 radical (unpaired) electrons. The van der Waals surface area contributed by atoms with Crippen molar-refractivity contribution in [2.75, 3.05) is 13.2 Å². The van der Waals surface area contributed by atoms with Gasteiger partial charge in [-0.15, -0.1) is 6.58 Å². The maximum absolute atomic E-state index is 12.4. The third-order valence-corrected chi connectivity index (χ3v) is 4.31. The largest absolute Gasteiger partial charge is 0.465 e. The van der Waals surface area contributed by atoms with Crippen molar-refractivity contribution in [2.45, 2.75) is 26.7 Å². The molecule has 4 nitrogen and oxygen atoms in total. The maximum atomic E-state index is 12.4. The lowest BCUT2D eigenvalue weighted by atomic mass is 9.86. The van der Waals surface area contributed by atoms with E-state index >= 15 is 0 Å². The summed E-state index contributed by atoms with van der Waals surface area (Å²) in [6, 6.07) is 9.76. The third kappa shape index (κ3) is 2.54. The van der Waals surface area contributed by atoms with Crippen molar-refractivity contribution in [3.05, 3.63) is 48.6 Å². The molecule has 0 saturated heterocycles. The fourth-order valence-electron chi connectivity index (χ4n) is 3.06. The highest BCUT2D eigenvalue weighted by Crippen LogP contribution is 2.67. The first-order chi connectivity index (χ1) is 10.6. The molecule has 2 rings (SSSR count). The van der Waals surface area contributed by atoms with Gasteiger partial charge in [0.2, 0.25) is 0 Å². The molecule has 1 aliphatic carbocycles. The molecule has 22 heavy (non-hydrogen) atoms. The molecule has 0 spiro atoms. The van der Waals surface area contributed by atoms with Gasteiger partial charge in [0, 0.05) is 5.41 Å². The molecule has 0 amide bonds. The van der Waals surface area contributed by atoms with Gasteiger partial charge < -0.3 is 9.47 Å². The van der Waals surface area contributed by atoms with Crippen LogP contribution in [0.1, 0.15) is 25.8 Å². The van der Waals surface area contributed by atoms with Crippen molar-refractivity contribution in [1.82, 2.24) is 0 Å². The Bertz CT molecular complexity index is 546. The summed E-state index contributed by atoms with van der Waals surface area (Å²) in [5, 5.41) is 0. The highest BCUT2D eigenvalue weighted by Gasteiger charge is 2.76. The Hall–Kier alpha value is -2.10. The molecule has 1 saturated carbocycles. The minimum atomic E-state index is -1.25. The molecule has 118 valence electrons. The Labute approximate surface area is 131 Å². The smallest absolute Gasteiger partial charge is 0.324 e. The van der Waals surface area contributed by atoms with Crippen LogP contribution in [-0.2, 0) is 25.5 Å². The van der Waals surface area contributed by atoms with E-state index in [-0.39, 0.29) is 13.2 Å². The maximum Gasteiger partial charge on any atom is 0.324 e. The van der Waals surface area contributed by atoms with E-state index in [1.807, 2.05) is 30.3 Å². The van der Waals surface area contributed by atoms with E-state index in [2.05, 4.69) is 6.58 Å². The second-order valence-electron chi connectivity index (χ2n) is 5.55. The molecule has 4 heteroatoms. The van der Waals surface area contributed by atoms with Gasteiger partial charge in [0.1, 0.15) is 0 Å². The Morgan fingerprint density at radius 3 is 2.14 bits per heavy atom. The zero-order chi connectivity index (χ0) is 16.2. The normalized spacial score (nSPS) is 21.7. The number of esters is 2. The van der Waals surface area contributed by atoms with E-state index in [4.69, 9.17) is 9.47 Å². The Kier molecular flexibility index (Phi) is 4.69. The second kappa shape index (κ2) is 6.34. The Morgan fingerprint density at radius 2 is 1.68 bits per heavy atom. The number of allylic oxidation sites excluding steroid dienone is 1. The molecule has 0 N–H and O–H groups in total. The van der Waals surface area contributed by atoms with Crippen molar-refractivity contribution >= 4 is 11.9 Å². The van der Waals surface area contributed by atoms with Crippen LogP contribution in [0.2, 0.25) is 0 Å². The van der Waals surface area contributed by atoms with E-state index < -0.39 is 22.8 Å². The highest BCUT2D eigenvalue weighted by molar-refractivity contribution is 6.05. The standard InChI is InChI=1S/C18H22O4/c1-4-17(12-14-10-8-7-9-11-14)13-18(17,15(19)21-5-2)16(20)22-6-3/h4,7-11H,1,5-6,12-13H2,2-3H3. The minimum Gasteiger partial charge on any atom is -0.465 e. The number of rotatable bonds is 7. The van der Waals surface area contributed by atoms with Gasteiger partial charge in [0.05, 0.1) is 13.2 Å². The zero-order valence-corrected chi connectivity index (χ0v) is 13.1. The van der Waals surface area contributed by atoms with Crippen LogP contribution in [-0.4, -0.2) is 25.2 Å². The van der Waals surface area contributed by atoms with E-state index in [9.17, 15) is 9.59 Å². The fourth-order valence-corrected chi connectivity index (χ4v) is 3.06. The van der Waals surface area contributed by atoms with E-state index in [0.717, 1.165) is 5.56 Å². The number of benzene rings is 1. The summed E-state index contributed by atoms with van der Waals surface area (Å²) in [7, 11) is 0. The molecular weight excluding hydrogens is 280 g/mol. The molecule has 1 atom stereocenters. The summed E-state index contributed by atoms with van der Waals surface area (Å²) in [6.45, 7) is 7.78. The van der Waals surface area contributed by atoms with E-state index in [1.54, 1.807) is 19.9 Å². The monoisotopic (exact) mass is 302 g/mol. The highest BCUT2D eigenvalue weighted by atomic mass is 16.6. The molecule has 1 unspecified atom stereocenters. The number of ether oxygens (including phenoxy) is 2. The predicted octanol–water partition coefficient (Wildman–Crippen LogP) is 2.92. The van der Waals surface area contributed by atoms with Crippen LogP contribution in [0.25, 0.3) is 0 Å². The average Bonchev–Trinajstić information content (AvgIpc) is 3.19.